The molecule has 1 aromatic heterocycles. The molecule has 2 aliphatic rings. The number of anilines is 1. The molecule has 0 aliphatic carbocycles. The zero-order valence-corrected chi connectivity index (χ0v) is 20.6. The van der Waals surface area contributed by atoms with Gasteiger partial charge in [0.2, 0.25) is 5.91 Å². The van der Waals surface area contributed by atoms with Gasteiger partial charge in [0.05, 0.1) is 16.5 Å². The molecule has 3 aromatic rings. The van der Waals surface area contributed by atoms with Crippen LogP contribution in [-0.2, 0) is 18.0 Å². The Kier molecular flexibility index (Phi) is 6.32. The quantitative estimate of drug-likeness (QED) is 0.575. The predicted molar refractivity (Wildman–Crippen MR) is 132 cm³/mol. The standard InChI is InChI=1S/C26H30F3N5O2/c1-16(19-13-25(35)30-14-19)36-24-12-18(11-22-20(24)15-33(3)31-22)17-4-5-23(21(10-17)26(27,28)29)34-8-6-32(2)7-9-34/h4-5,10-12,15-16,19H,6-9,13-14H2,1-3H3,(H,30,35). The Morgan fingerprint density at radius 2 is 1.83 bits per heavy atom. The average Bonchev–Trinajstić information content (AvgIpc) is 3.43. The van der Waals surface area contributed by atoms with Gasteiger partial charge in [0.25, 0.3) is 0 Å². The number of carbonyl (C=O) groups excluding carboxylic acids is 1. The number of hydrogen-bond acceptors (Lipinski definition) is 5. The summed E-state index contributed by atoms with van der Waals surface area (Å²) >= 11 is 0. The van der Waals surface area contributed by atoms with Crippen LogP contribution in [0, 0.1) is 5.92 Å². The summed E-state index contributed by atoms with van der Waals surface area (Å²) in [4.78, 5) is 15.6. The van der Waals surface area contributed by atoms with Crippen LogP contribution in [0.3, 0.4) is 0 Å². The second-order valence-electron chi connectivity index (χ2n) is 9.82. The molecule has 2 fully saturated rings. The molecule has 2 unspecified atom stereocenters. The summed E-state index contributed by atoms with van der Waals surface area (Å²) in [5.74, 6) is 0.558. The van der Waals surface area contributed by atoms with Gasteiger partial charge in [0.15, 0.2) is 0 Å². The molecule has 0 bridgehead atoms. The van der Waals surface area contributed by atoms with E-state index >= 15 is 0 Å². The van der Waals surface area contributed by atoms with Crippen molar-refractivity contribution in [2.75, 3.05) is 44.7 Å². The Bertz CT molecular complexity index is 1280. The molecule has 1 amide bonds. The second kappa shape index (κ2) is 9.31. The van der Waals surface area contributed by atoms with E-state index in [0.717, 1.165) is 18.5 Å². The van der Waals surface area contributed by atoms with Crippen molar-refractivity contribution in [3.63, 3.8) is 0 Å². The molecule has 36 heavy (non-hydrogen) atoms. The lowest BCUT2D eigenvalue weighted by molar-refractivity contribution is -0.137. The molecular formula is C26H30F3N5O2. The average molecular weight is 502 g/mol. The number of nitrogens with zero attached hydrogens (tertiary/aromatic N) is 4. The fourth-order valence-corrected chi connectivity index (χ4v) is 5.00. The molecule has 1 N–H and O–H groups in total. The summed E-state index contributed by atoms with van der Waals surface area (Å²) in [6.07, 6.45) is -2.52. The van der Waals surface area contributed by atoms with Gasteiger partial charge in [-0.25, -0.2) is 0 Å². The van der Waals surface area contributed by atoms with E-state index in [2.05, 4.69) is 15.3 Å². The van der Waals surface area contributed by atoms with Crippen LogP contribution in [0.1, 0.15) is 18.9 Å². The number of benzene rings is 2. The number of piperazine rings is 1. The van der Waals surface area contributed by atoms with Gasteiger partial charge in [-0.1, -0.05) is 6.07 Å². The van der Waals surface area contributed by atoms with E-state index in [9.17, 15) is 18.0 Å². The third kappa shape index (κ3) is 4.86. The maximum Gasteiger partial charge on any atom is 0.418 e. The highest BCUT2D eigenvalue weighted by Crippen LogP contribution is 2.41. The first-order valence-corrected chi connectivity index (χ1v) is 12.1. The van der Waals surface area contributed by atoms with E-state index < -0.39 is 11.7 Å². The van der Waals surface area contributed by atoms with Gasteiger partial charge in [0.1, 0.15) is 11.9 Å². The molecule has 0 saturated carbocycles. The van der Waals surface area contributed by atoms with Crippen LogP contribution in [0.25, 0.3) is 22.0 Å². The van der Waals surface area contributed by atoms with Crippen LogP contribution in [0.4, 0.5) is 18.9 Å². The Morgan fingerprint density at radius 1 is 1.08 bits per heavy atom. The fourth-order valence-electron chi connectivity index (χ4n) is 5.00. The minimum Gasteiger partial charge on any atom is -0.490 e. The van der Waals surface area contributed by atoms with E-state index in [1.54, 1.807) is 36.0 Å². The minimum atomic E-state index is -4.49. The maximum atomic E-state index is 14.2. The van der Waals surface area contributed by atoms with Gasteiger partial charge in [-0.15, -0.1) is 0 Å². The Labute approximate surface area is 207 Å². The van der Waals surface area contributed by atoms with Crippen LogP contribution in [-0.4, -0.2) is 66.5 Å². The van der Waals surface area contributed by atoms with E-state index in [1.165, 1.54) is 6.07 Å². The summed E-state index contributed by atoms with van der Waals surface area (Å²) in [5.41, 5.74) is 1.25. The lowest BCUT2D eigenvalue weighted by atomic mass is 9.99. The number of fused-ring (bicyclic) bond motifs is 1. The van der Waals surface area contributed by atoms with Gasteiger partial charge >= 0.3 is 6.18 Å². The van der Waals surface area contributed by atoms with Crippen molar-refractivity contribution in [2.45, 2.75) is 25.6 Å². The Morgan fingerprint density at radius 3 is 2.50 bits per heavy atom. The molecule has 2 saturated heterocycles. The zero-order valence-electron chi connectivity index (χ0n) is 20.6. The van der Waals surface area contributed by atoms with Crippen LogP contribution in [0.15, 0.2) is 36.5 Å². The molecule has 0 radical (unpaired) electrons. The molecule has 3 heterocycles. The summed E-state index contributed by atoms with van der Waals surface area (Å²) in [6.45, 7) is 4.98. The lowest BCUT2D eigenvalue weighted by Crippen LogP contribution is -2.45. The molecule has 10 heteroatoms. The number of ether oxygens (including phenoxy) is 1. The maximum absolute atomic E-state index is 14.2. The van der Waals surface area contributed by atoms with E-state index in [4.69, 9.17) is 4.74 Å². The van der Waals surface area contributed by atoms with Crippen molar-refractivity contribution in [1.29, 1.82) is 0 Å². The topological polar surface area (TPSA) is 62.6 Å². The van der Waals surface area contributed by atoms with Gasteiger partial charge in [-0.3, -0.25) is 9.48 Å². The summed E-state index contributed by atoms with van der Waals surface area (Å²) in [5, 5.41) is 8.08. The van der Waals surface area contributed by atoms with E-state index in [-0.39, 0.29) is 23.6 Å². The number of halogens is 3. The van der Waals surface area contributed by atoms with Crippen molar-refractivity contribution >= 4 is 22.5 Å². The highest BCUT2D eigenvalue weighted by molar-refractivity contribution is 5.90. The monoisotopic (exact) mass is 501 g/mol. The van der Waals surface area contributed by atoms with Crippen molar-refractivity contribution in [3.05, 3.63) is 42.1 Å². The van der Waals surface area contributed by atoms with Gasteiger partial charge in [0, 0.05) is 64.0 Å². The smallest absolute Gasteiger partial charge is 0.418 e. The van der Waals surface area contributed by atoms with Crippen molar-refractivity contribution < 1.29 is 22.7 Å². The van der Waals surface area contributed by atoms with Gasteiger partial charge in [-0.05, 0) is 49.4 Å². The highest BCUT2D eigenvalue weighted by atomic mass is 19.4. The normalized spacial score (nSPS) is 20.1. The number of likely N-dealkylation sites (N-methyl/N-ethyl adjacent to an activating group) is 1. The van der Waals surface area contributed by atoms with E-state index in [0.29, 0.717) is 48.4 Å². The number of amides is 1. The summed E-state index contributed by atoms with van der Waals surface area (Å²) in [7, 11) is 3.76. The third-order valence-corrected chi connectivity index (χ3v) is 7.17. The highest BCUT2D eigenvalue weighted by Gasteiger charge is 2.36. The van der Waals surface area contributed by atoms with Crippen LogP contribution in [0.2, 0.25) is 0 Å². The number of hydrogen-bond donors (Lipinski definition) is 1. The number of rotatable bonds is 5. The van der Waals surface area contributed by atoms with Crippen LogP contribution < -0.4 is 15.0 Å². The molecule has 0 spiro atoms. The molecule has 7 nitrogen and oxygen atoms in total. The first kappa shape index (κ1) is 24.4. The largest absolute Gasteiger partial charge is 0.490 e. The molecular weight excluding hydrogens is 471 g/mol. The van der Waals surface area contributed by atoms with Crippen molar-refractivity contribution in [1.82, 2.24) is 20.0 Å². The molecule has 192 valence electrons. The van der Waals surface area contributed by atoms with E-state index in [1.807, 2.05) is 25.1 Å². The number of aromatic nitrogens is 2. The second-order valence-corrected chi connectivity index (χ2v) is 9.82. The zero-order chi connectivity index (χ0) is 25.6. The first-order chi connectivity index (χ1) is 17.1. The first-order valence-electron chi connectivity index (χ1n) is 12.1. The SMILES string of the molecule is CC(Oc1cc(-c2ccc(N3CCN(C)CC3)c(C(F)(F)F)c2)cc2nn(C)cc12)C1CNC(=O)C1. The van der Waals surface area contributed by atoms with Crippen LogP contribution >= 0.6 is 0 Å². The number of alkyl halides is 3. The summed E-state index contributed by atoms with van der Waals surface area (Å²) in [6, 6.07) is 8.10. The number of aryl methyl sites for hydroxylation is 1. The van der Waals surface area contributed by atoms with Crippen molar-refractivity contribution in [3.8, 4) is 16.9 Å². The number of nitrogens with one attached hydrogen (secondary N) is 1. The number of carbonyl (C=O) groups is 1. The fraction of sp³-hybridized carbons (Fsp3) is 0.462. The van der Waals surface area contributed by atoms with Crippen molar-refractivity contribution in [2.24, 2.45) is 13.0 Å². The molecule has 5 rings (SSSR count). The Balaban J connectivity index is 1.53. The molecule has 2 aliphatic heterocycles. The Hall–Kier alpha value is -3.27. The molecule has 2 atom stereocenters. The third-order valence-electron chi connectivity index (χ3n) is 7.17. The van der Waals surface area contributed by atoms with Gasteiger partial charge < -0.3 is 19.9 Å². The predicted octanol–water partition coefficient (Wildman–Crippen LogP) is 3.91. The summed E-state index contributed by atoms with van der Waals surface area (Å²) < 4.78 is 50.5. The molecule has 2 aromatic carbocycles. The minimum absolute atomic E-state index is 0.00385. The lowest BCUT2D eigenvalue weighted by Gasteiger charge is -2.35. The van der Waals surface area contributed by atoms with Gasteiger partial charge in [-0.2, -0.15) is 18.3 Å². The van der Waals surface area contributed by atoms with Crippen LogP contribution in [0.5, 0.6) is 5.75 Å².